The Morgan fingerprint density at radius 1 is 1.53 bits per heavy atom. The van der Waals surface area contributed by atoms with E-state index in [4.69, 9.17) is 11.6 Å². The topological polar surface area (TPSA) is 80.2 Å². The van der Waals surface area contributed by atoms with Gasteiger partial charge in [-0.05, 0) is 33.5 Å². The number of anilines is 1. The van der Waals surface area contributed by atoms with Crippen LogP contribution in [0.5, 0.6) is 0 Å². The van der Waals surface area contributed by atoms with E-state index < -0.39 is 0 Å². The molecular formula is C12H23N5. The number of nitrogen functional groups attached to an aromatic ring is 1. The van der Waals surface area contributed by atoms with Crippen molar-refractivity contribution < 1.29 is 0 Å². The van der Waals surface area contributed by atoms with Gasteiger partial charge in [0.25, 0.3) is 0 Å². The Kier molecular flexibility index (Phi) is 4.45. The van der Waals surface area contributed by atoms with Crippen molar-refractivity contribution in [1.29, 1.82) is 0 Å². The van der Waals surface area contributed by atoms with Gasteiger partial charge in [-0.15, -0.1) is 0 Å². The fourth-order valence-corrected chi connectivity index (χ4v) is 2.04. The molecule has 0 aliphatic carbocycles. The maximum atomic E-state index is 5.99. The molecule has 0 saturated carbocycles. The molecule has 1 aromatic heterocycles. The first-order valence-electron chi connectivity index (χ1n) is 5.80. The lowest BCUT2D eigenvalue weighted by Gasteiger charge is -2.42. The smallest absolute Gasteiger partial charge is 0.0676 e. The fourth-order valence-electron chi connectivity index (χ4n) is 2.04. The monoisotopic (exact) mass is 237 g/mol. The van der Waals surface area contributed by atoms with Crippen LogP contribution in [0, 0.1) is 0 Å². The zero-order valence-electron chi connectivity index (χ0n) is 11.1. The highest BCUT2D eigenvalue weighted by Crippen LogP contribution is 2.34. The van der Waals surface area contributed by atoms with E-state index in [-0.39, 0.29) is 11.6 Å². The molecule has 0 fully saturated rings. The number of nitrogens with zero attached hydrogens (tertiary/aromatic N) is 2. The molecule has 1 heterocycles. The highest BCUT2D eigenvalue weighted by molar-refractivity contribution is 5.47. The van der Waals surface area contributed by atoms with Crippen molar-refractivity contribution in [2.45, 2.75) is 31.8 Å². The van der Waals surface area contributed by atoms with Crippen LogP contribution in [0.1, 0.15) is 31.9 Å². The fraction of sp³-hybridized carbons (Fsp3) is 0.583. The number of hydrogen-bond acceptors (Lipinski definition) is 5. The SMILES string of the molecule is CCC(C)(C(NN)c1cnccc1N)N(C)C. The molecule has 0 amide bonds. The first-order chi connectivity index (χ1) is 7.97. The van der Waals surface area contributed by atoms with Crippen molar-refractivity contribution in [3.05, 3.63) is 24.0 Å². The van der Waals surface area contributed by atoms with Gasteiger partial charge in [0.05, 0.1) is 6.04 Å². The van der Waals surface area contributed by atoms with Crippen LogP contribution in [-0.4, -0.2) is 29.5 Å². The van der Waals surface area contributed by atoms with Crippen LogP contribution in [0.2, 0.25) is 0 Å². The van der Waals surface area contributed by atoms with Gasteiger partial charge in [-0.2, -0.15) is 0 Å². The molecule has 1 aromatic rings. The van der Waals surface area contributed by atoms with Crippen LogP contribution < -0.4 is 17.0 Å². The van der Waals surface area contributed by atoms with E-state index in [0.29, 0.717) is 5.69 Å². The maximum Gasteiger partial charge on any atom is 0.0676 e. The summed E-state index contributed by atoms with van der Waals surface area (Å²) < 4.78 is 0. The summed E-state index contributed by atoms with van der Waals surface area (Å²) in [6, 6.07) is 1.74. The molecule has 2 unspecified atom stereocenters. The Labute approximate surface area is 103 Å². The largest absolute Gasteiger partial charge is 0.398 e. The number of nitrogens with one attached hydrogen (secondary N) is 1. The Balaban J connectivity index is 3.19. The van der Waals surface area contributed by atoms with Crippen molar-refractivity contribution in [3.63, 3.8) is 0 Å². The number of aromatic nitrogens is 1. The van der Waals surface area contributed by atoms with Gasteiger partial charge in [-0.25, -0.2) is 0 Å². The molecule has 0 aromatic carbocycles. The van der Waals surface area contributed by atoms with E-state index in [0.717, 1.165) is 12.0 Å². The minimum absolute atomic E-state index is 0.0591. The molecule has 1 rings (SSSR count). The molecule has 0 spiro atoms. The van der Waals surface area contributed by atoms with Crippen LogP contribution in [0.15, 0.2) is 18.5 Å². The van der Waals surface area contributed by atoms with Crippen LogP contribution >= 0.6 is 0 Å². The molecule has 0 aliphatic rings. The first kappa shape index (κ1) is 13.9. The number of hydrogen-bond donors (Lipinski definition) is 3. The number of rotatable bonds is 5. The number of likely N-dealkylation sites (N-methyl/N-ethyl adjacent to an activating group) is 1. The standard InChI is InChI=1S/C12H23N5/c1-5-12(2,17(3)4)11(16-14)9-8-15-7-6-10(9)13/h6-8,11,16H,5,14H2,1-4H3,(H2,13,15). The van der Waals surface area contributed by atoms with Crippen LogP contribution in [0.3, 0.4) is 0 Å². The van der Waals surface area contributed by atoms with Gasteiger partial charge < -0.3 is 10.6 Å². The van der Waals surface area contributed by atoms with E-state index in [1.54, 1.807) is 18.5 Å². The molecule has 2 atom stereocenters. The second-order valence-corrected chi connectivity index (χ2v) is 4.71. The highest BCUT2D eigenvalue weighted by Gasteiger charge is 2.36. The average Bonchev–Trinajstić information content (AvgIpc) is 2.31. The Bertz CT molecular complexity index is 366. The summed E-state index contributed by atoms with van der Waals surface area (Å²) in [6.07, 6.45) is 4.41. The quantitative estimate of drug-likeness (QED) is 0.523. The van der Waals surface area contributed by atoms with E-state index in [1.165, 1.54) is 0 Å². The van der Waals surface area contributed by atoms with Gasteiger partial charge >= 0.3 is 0 Å². The molecule has 5 heteroatoms. The summed E-state index contributed by atoms with van der Waals surface area (Å²) in [5, 5.41) is 0. The van der Waals surface area contributed by atoms with Crippen LogP contribution in [0.25, 0.3) is 0 Å². The molecule has 0 saturated heterocycles. The third kappa shape index (κ3) is 2.57. The number of pyridine rings is 1. The molecular weight excluding hydrogens is 214 g/mol. The first-order valence-corrected chi connectivity index (χ1v) is 5.80. The van der Waals surface area contributed by atoms with E-state index in [1.807, 2.05) is 14.1 Å². The minimum Gasteiger partial charge on any atom is -0.398 e. The average molecular weight is 237 g/mol. The second-order valence-electron chi connectivity index (χ2n) is 4.71. The molecule has 5 N–H and O–H groups in total. The number of nitrogens with two attached hydrogens (primary N) is 2. The van der Waals surface area contributed by atoms with Gasteiger partial charge in [0.15, 0.2) is 0 Å². The van der Waals surface area contributed by atoms with E-state index in [9.17, 15) is 0 Å². The molecule has 17 heavy (non-hydrogen) atoms. The summed E-state index contributed by atoms with van der Waals surface area (Å²) in [5.74, 6) is 5.71. The summed E-state index contributed by atoms with van der Waals surface area (Å²) in [6.45, 7) is 4.29. The van der Waals surface area contributed by atoms with Gasteiger partial charge in [0, 0.05) is 29.2 Å². The van der Waals surface area contributed by atoms with Crippen molar-refractivity contribution in [1.82, 2.24) is 15.3 Å². The summed E-state index contributed by atoms with van der Waals surface area (Å²) in [7, 11) is 4.08. The van der Waals surface area contributed by atoms with Crippen molar-refractivity contribution in [2.24, 2.45) is 5.84 Å². The summed E-state index contributed by atoms with van der Waals surface area (Å²) >= 11 is 0. The summed E-state index contributed by atoms with van der Waals surface area (Å²) in [5.41, 5.74) is 10.4. The van der Waals surface area contributed by atoms with Crippen molar-refractivity contribution >= 4 is 5.69 Å². The Hall–Kier alpha value is -1.17. The predicted octanol–water partition coefficient (Wildman–Crippen LogP) is 0.899. The van der Waals surface area contributed by atoms with Gasteiger partial charge in [-0.3, -0.25) is 16.3 Å². The van der Waals surface area contributed by atoms with Crippen LogP contribution in [0.4, 0.5) is 5.69 Å². The zero-order chi connectivity index (χ0) is 13.1. The van der Waals surface area contributed by atoms with E-state index >= 15 is 0 Å². The normalized spacial score (nSPS) is 16.8. The van der Waals surface area contributed by atoms with E-state index in [2.05, 4.69) is 29.2 Å². The van der Waals surface area contributed by atoms with Crippen LogP contribution in [-0.2, 0) is 0 Å². The molecule has 5 nitrogen and oxygen atoms in total. The molecule has 0 aliphatic heterocycles. The zero-order valence-corrected chi connectivity index (χ0v) is 11.1. The highest BCUT2D eigenvalue weighted by atomic mass is 15.3. The van der Waals surface area contributed by atoms with Gasteiger partial charge in [0.1, 0.15) is 0 Å². The third-order valence-corrected chi connectivity index (χ3v) is 3.72. The van der Waals surface area contributed by atoms with Crippen molar-refractivity contribution in [2.75, 3.05) is 19.8 Å². The lowest BCUT2D eigenvalue weighted by atomic mass is 9.84. The summed E-state index contributed by atoms with van der Waals surface area (Å²) in [4.78, 5) is 6.28. The van der Waals surface area contributed by atoms with Gasteiger partial charge in [0.2, 0.25) is 0 Å². The Morgan fingerprint density at radius 2 is 2.18 bits per heavy atom. The lowest BCUT2D eigenvalue weighted by molar-refractivity contribution is 0.113. The van der Waals surface area contributed by atoms with Gasteiger partial charge in [-0.1, -0.05) is 6.92 Å². The predicted molar refractivity (Wildman–Crippen MR) is 71.1 cm³/mol. The Morgan fingerprint density at radius 3 is 2.59 bits per heavy atom. The molecule has 96 valence electrons. The van der Waals surface area contributed by atoms with Crippen molar-refractivity contribution in [3.8, 4) is 0 Å². The number of hydrazine groups is 1. The molecule has 0 bridgehead atoms. The lowest BCUT2D eigenvalue weighted by Crippen LogP contribution is -2.53. The maximum absolute atomic E-state index is 5.99. The minimum atomic E-state index is -0.119. The third-order valence-electron chi connectivity index (χ3n) is 3.72. The molecule has 0 radical (unpaired) electrons. The second kappa shape index (κ2) is 5.44.